The van der Waals surface area contributed by atoms with Crippen LogP contribution in [-0.4, -0.2) is 60.5 Å². The van der Waals surface area contributed by atoms with Crippen LogP contribution in [0.5, 0.6) is 11.5 Å². The molecule has 0 N–H and O–H groups in total. The maximum atomic E-state index is 12.8. The molecule has 6 heteroatoms. The lowest BCUT2D eigenvalue weighted by atomic mass is 10.1. The van der Waals surface area contributed by atoms with Crippen molar-refractivity contribution in [3.63, 3.8) is 0 Å². The summed E-state index contributed by atoms with van der Waals surface area (Å²) >= 11 is 0. The highest BCUT2D eigenvalue weighted by molar-refractivity contribution is 5.94. The normalized spacial score (nSPS) is 18.9. The van der Waals surface area contributed by atoms with Gasteiger partial charge in [-0.15, -0.1) is 0 Å². The number of ether oxygens (including phenoxy) is 2. The van der Waals surface area contributed by atoms with E-state index in [4.69, 9.17) is 9.47 Å². The third-order valence-electron chi connectivity index (χ3n) is 4.96. The zero-order valence-corrected chi connectivity index (χ0v) is 15.3. The zero-order chi connectivity index (χ0) is 18.8. The summed E-state index contributed by atoms with van der Waals surface area (Å²) in [7, 11) is 0. The van der Waals surface area contributed by atoms with Crippen LogP contribution in [0.4, 0.5) is 0 Å². The second-order valence-corrected chi connectivity index (χ2v) is 6.85. The highest BCUT2D eigenvalue weighted by atomic mass is 16.6. The van der Waals surface area contributed by atoms with Crippen LogP contribution >= 0.6 is 0 Å². The van der Waals surface area contributed by atoms with Crippen molar-refractivity contribution in [3.05, 3.63) is 59.7 Å². The van der Waals surface area contributed by atoms with Crippen molar-refractivity contribution in [2.45, 2.75) is 13.0 Å². The van der Waals surface area contributed by atoms with Crippen molar-refractivity contribution in [3.8, 4) is 11.5 Å². The molecule has 1 unspecified atom stereocenters. The fourth-order valence-electron chi connectivity index (χ4n) is 3.35. The summed E-state index contributed by atoms with van der Waals surface area (Å²) in [6, 6.07) is 14.9. The molecule has 27 heavy (non-hydrogen) atoms. The highest BCUT2D eigenvalue weighted by Crippen LogP contribution is 2.31. The van der Waals surface area contributed by atoms with Gasteiger partial charge in [0.1, 0.15) is 6.61 Å². The second kappa shape index (κ2) is 7.31. The van der Waals surface area contributed by atoms with E-state index in [1.54, 1.807) is 15.9 Å². The summed E-state index contributed by atoms with van der Waals surface area (Å²) < 4.78 is 11.4. The van der Waals surface area contributed by atoms with Gasteiger partial charge < -0.3 is 19.3 Å². The Balaban J connectivity index is 1.34. The molecule has 2 aromatic carbocycles. The first-order valence-electron chi connectivity index (χ1n) is 9.15. The van der Waals surface area contributed by atoms with Crippen molar-refractivity contribution in [2.24, 2.45) is 0 Å². The number of nitrogens with zero attached hydrogens (tertiary/aromatic N) is 2. The maximum absolute atomic E-state index is 12.8. The van der Waals surface area contributed by atoms with Crippen molar-refractivity contribution in [2.75, 3.05) is 32.8 Å². The van der Waals surface area contributed by atoms with E-state index in [2.05, 4.69) is 0 Å². The molecule has 0 radical (unpaired) electrons. The lowest BCUT2D eigenvalue weighted by molar-refractivity contribution is -0.142. The summed E-state index contributed by atoms with van der Waals surface area (Å²) in [5, 5.41) is 0. The predicted octanol–water partition coefficient (Wildman–Crippen LogP) is 2.12. The Labute approximate surface area is 158 Å². The minimum absolute atomic E-state index is 0.00766. The molecule has 0 spiro atoms. The summed E-state index contributed by atoms with van der Waals surface area (Å²) in [6.07, 6.45) is -0.640. The molecule has 2 heterocycles. The van der Waals surface area contributed by atoms with Crippen molar-refractivity contribution in [1.82, 2.24) is 9.80 Å². The monoisotopic (exact) mass is 366 g/mol. The van der Waals surface area contributed by atoms with Gasteiger partial charge in [-0.2, -0.15) is 0 Å². The molecule has 2 aromatic rings. The van der Waals surface area contributed by atoms with Gasteiger partial charge in [-0.25, -0.2) is 0 Å². The number of carbonyl (C=O) groups is 2. The molecular formula is C21H22N2O4. The molecule has 0 aliphatic carbocycles. The van der Waals surface area contributed by atoms with Gasteiger partial charge in [-0.1, -0.05) is 29.8 Å². The number of para-hydroxylation sites is 2. The Bertz CT molecular complexity index is 842. The number of benzene rings is 2. The first kappa shape index (κ1) is 17.4. The smallest absolute Gasteiger partial charge is 0.267 e. The third-order valence-corrected chi connectivity index (χ3v) is 4.96. The van der Waals surface area contributed by atoms with Gasteiger partial charge in [0.05, 0.1) is 0 Å². The Morgan fingerprint density at radius 1 is 0.889 bits per heavy atom. The molecule has 4 rings (SSSR count). The van der Waals surface area contributed by atoms with Gasteiger partial charge in [-0.05, 0) is 31.2 Å². The Morgan fingerprint density at radius 3 is 2.22 bits per heavy atom. The molecule has 2 amide bonds. The van der Waals surface area contributed by atoms with Gasteiger partial charge in [-0.3, -0.25) is 9.59 Å². The van der Waals surface area contributed by atoms with Crippen LogP contribution < -0.4 is 9.47 Å². The standard InChI is InChI=1S/C21H22N2O4/c1-15-6-8-16(9-7-15)20(24)22-10-12-23(13-11-22)21(25)19-14-26-17-4-2-3-5-18(17)27-19/h2-9,19H,10-14H2,1H3. The SMILES string of the molecule is Cc1ccc(C(=O)N2CCN(C(=O)C3COc4ccccc4O3)CC2)cc1. The van der Waals surface area contributed by atoms with Crippen LogP contribution in [-0.2, 0) is 4.79 Å². The van der Waals surface area contributed by atoms with Gasteiger partial charge in [0, 0.05) is 31.7 Å². The Kier molecular flexibility index (Phi) is 4.71. The summed E-state index contributed by atoms with van der Waals surface area (Å²) in [5.74, 6) is 1.17. The predicted molar refractivity (Wildman–Crippen MR) is 100 cm³/mol. The number of carbonyl (C=O) groups excluding carboxylic acids is 2. The molecular weight excluding hydrogens is 344 g/mol. The molecule has 2 aliphatic heterocycles. The van der Waals surface area contributed by atoms with E-state index in [-0.39, 0.29) is 18.4 Å². The molecule has 0 saturated carbocycles. The summed E-state index contributed by atoms with van der Waals surface area (Å²) in [6.45, 7) is 4.23. The fraction of sp³-hybridized carbons (Fsp3) is 0.333. The largest absolute Gasteiger partial charge is 0.485 e. The van der Waals surface area contributed by atoms with E-state index in [0.717, 1.165) is 5.56 Å². The van der Waals surface area contributed by atoms with Crippen LogP contribution in [0, 0.1) is 6.92 Å². The maximum Gasteiger partial charge on any atom is 0.267 e. The third kappa shape index (κ3) is 3.60. The van der Waals surface area contributed by atoms with Gasteiger partial charge in [0.15, 0.2) is 11.5 Å². The molecule has 140 valence electrons. The minimum Gasteiger partial charge on any atom is -0.485 e. The van der Waals surface area contributed by atoms with Gasteiger partial charge in [0.2, 0.25) is 6.10 Å². The lowest BCUT2D eigenvalue weighted by Crippen LogP contribution is -2.55. The summed E-state index contributed by atoms with van der Waals surface area (Å²) in [5.41, 5.74) is 1.80. The second-order valence-electron chi connectivity index (χ2n) is 6.85. The molecule has 1 saturated heterocycles. The van der Waals surface area contributed by atoms with Crippen LogP contribution in [0.15, 0.2) is 48.5 Å². The average Bonchev–Trinajstić information content (AvgIpc) is 2.73. The van der Waals surface area contributed by atoms with Crippen molar-refractivity contribution < 1.29 is 19.1 Å². The highest BCUT2D eigenvalue weighted by Gasteiger charge is 2.33. The quantitative estimate of drug-likeness (QED) is 0.817. The summed E-state index contributed by atoms with van der Waals surface area (Å²) in [4.78, 5) is 28.9. The van der Waals surface area contributed by atoms with E-state index < -0.39 is 6.10 Å². The average molecular weight is 366 g/mol. The number of aryl methyl sites for hydroxylation is 1. The van der Waals surface area contributed by atoms with Crippen LogP contribution in [0.1, 0.15) is 15.9 Å². The molecule has 2 aliphatic rings. The number of piperazine rings is 1. The van der Waals surface area contributed by atoms with E-state index >= 15 is 0 Å². The molecule has 0 bridgehead atoms. The van der Waals surface area contributed by atoms with Gasteiger partial charge in [0.25, 0.3) is 11.8 Å². The van der Waals surface area contributed by atoms with Crippen molar-refractivity contribution >= 4 is 11.8 Å². The van der Waals surface area contributed by atoms with Gasteiger partial charge >= 0.3 is 0 Å². The van der Waals surface area contributed by atoms with E-state index in [9.17, 15) is 9.59 Å². The molecule has 1 fully saturated rings. The topological polar surface area (TPSA) is 59.1 Å². The van der Waals surface area contributed by atoms with Crippen molar-refractivity contribution in [1.29, 1.82) is 0 Å². The van der Waals surface area contributed by atoms with Crippen LogP contribution in [0.3, 0.4) is 0 Å². The van der Waals surface area contributed by atoms with Crippen LogP contribution in [0.2, 0.25) is 0 Å². The minimum atomic E-state index is -0.640. The number of fused-ring (bicyclic) bond motifs is 1. The first-order chi connectivity index (χ1) is 13.1. The van der Waals surface area contributed by atoms with E-state index in [1.807, 2.05) is 49.4 Å². The molecule has 6 nitrogen and oxygen atoms in total. The number of rotatable bonds is 2. The Morgan fingerprint density at radius 2 is 1.52 bits per heavy atom. The van der Waals surface area contributed by atoms with E-state index in [0.29, 0.717) is 43.2 Å². The Hall–Kier alpha value is -3.02. The number of hydrogen-bond acceptors (Lipinski definition) is 4. The zero-order valence-electron chi connectivity index (χ0n) is 15.3. The number of hydrogen-bond donors (Lipinski definition) is 0. The lowest BCUT2D eigenvalue weighted by Gasteiger charge is -2.37. The molecule has 1 atom stereocenters. The van der Waals surface area contributed by atoms with Crippen LogP contribution in [0.25, 0.3) is 0 Å². The first-order valence-corrected chi connectivity index (χ1v) is 9.15. The number of amides is 2. The van der Waals surface area contributed by atoms with E-state index in [1.165, 1.54) is 0 Å². The molecule has 0 aromatic heterocycles. The fourth-order valence-corrected chi connectivity index (χ4v) is 3.35.